The Morgan fingerprint density at radius 1 is 0.952 bits per heavy atom. The lowest BCUT2D eigenvalue weighted by atomic mass is 10.0. The van der Waals surface area contributed by atoms with Crippen molar-refractivity contribution in [2.45, 2.75) is 90.6 Å². The molecule has 1 saturated heterocycles. The second-order valence-electron chi connectivity index (χ2n) is 6.73. The summed E-state index contributed by atoms with van der Waals surface area (Å²) in [7, 11) is 0. The van der Waals surface area contributed by atoms with Gasteiger partial charge in [0.25, 0.3) is 0 Å². The third-order valence-electron chi connectivity index (χ3n) is 4.02. The molecule has 1 unspecified atom stereocenters. The van der Waals surface area contributed by atoms with Gasteiger partial charge in [-0.25, -0.2) is 0 Å². The zero-order valence-corrected chi connectivity index (χ0v) is 14.1. The summed E-state index contributed by atoms with van der Waals surface area (Å²) in [6.45, 7) is 5.68. The molecule has 1 heterocycles. The van der Waals surface area contributed by atoms with Crippen molar-refractivity contribution < 1.29 is 14.3 Å². The molecule has 0 N–H and O–H groups in total. The topological polar surface area (TPSA) is 35.5 Å². The summed E-state index contributed by atoms with van der Waals surface area (Å²) >= 11 is 0. The van der Waals surface area contributed by atoms with E-state index in [-0.39, 0.29) is 12.1 Å². The van der Waals surface area contributed by atoms with Crippen molar-refractivity contribution in [2.75, 3.05) is 13.2 Å². The van der Waals surface area contributed by atoms with E-state index in [0.717, 1.165) is 32.5 Å². The van der Waals surface area contributed by atoms with Crippen LogP contribution in [0.5, 0.6) is 0 Å². The first kappa shape index (κ1) is 18.5. The molecule has 0 aromatic heterocycles. The SMILES string of the molecule is CC(C)CC(=O)OC1CCCCCCCCCCOCC1. The maximum absolute atomic E-state index is 11.8. The summed E-state index contributed by atoms with van der Waals surface area (Å²) in [6.07, 6.45) is 12.7. The summed E-state index contributed by atoms with van der Waals surface area (Å²) in [6, 6.07) is 0. The summed E-state index contributed by atoms with van der Waals surface area (Å²) in [4.78, 5) is 11.8. The molecule has 21 heavy (non-hydrogen) atoms. The Hall–Kier alpha value is -0.570. The second-order valence-corrected chi connectivity index (χ2v) is 6.73. The molecule has 1 rings (SSSR count). The Morgan fingerprint density at radius 3 is 2.24 bits per heavy atom. The van der Waals surface area contributed by atoms with Gasteiger partial charge in [0.05, 0.1) is 6.61 Å². The van der Waals surface area contributed by atoms with Gasteiger partial charge in [0, 0.05) is 19.4 Å². The monoisotopic (exact) mass is 298 g/mol. The first-order chi connectivity index (χ1) is 10.2. The first-order valence-electron chi connectivity index (χ1n) is 8.95. The summed E-state index contributed by atoms with van der Waals surface area (Å²) in [5, 5.41) is 0. The van der Waals surface area contributed by atoms with Crippen molar-refractivity contribution in [1.82, 2.24) is 0 Å². The molecule has 1 fully saturated rings. The minimum atomic E-state index is -0.0453. The van der Waals surface area contributed by atoms with Crippen LogP contribution in [0.3, 0.4) is 0 Å². The minimum absolute atomic E-state index is 0.0453. The van der Waals surface area contributed by atoms with Crippen LogP contribution in [0, 0.1) is 5.92 Å². The van der Waals surface area contributed by atoms with Gasteiger partial charge < -0.3 is 9.47 Å². The normalized spacial score (nSPS) is 23.5. The maximum atomic E-state index is 11.8. The van der Waals surface area contributed by atoms with Gasteiger partial charge in [-0.3, -0.25) is 4.79 Å². The zero-order valence-electron chi connectivity index (χ0n) is 14.1. The Morgan fingerprint density at radius 2 is 1.57 bits per heavy atom. The number of rotatable bonds is 3. The predicted octanol–water partition coefficient (Wildman–Crippen LogP) is 4.88. The van der Waals surface area contributed by atoms with Gasteiger partial charge in [-0.05, 0) is 25.2 Å². The van der Waals surface area contributed by atoms with Gasteiger partial charge in [-0.2, -0.15) is 0 Å². The summed E-state index contributed by atoms with van der Waals surface area (Å²) < 4.78 is 11.3. The lowest BCUT2D eigenvalue weighted by Crippen LogP contribution is -2.21. The number of carbonyl (C=O) groups excluding carboxylic acids is 1. The highest BCUT2D eigenvalue weighted by atomic mass is 16.5. The van der Waals surface area contributed by atoms with E-state index in [1.54, 1.807) is 0 Å². The van der Waals surface area contributed by atoms with Gasteiger partial charge in [-0.1, -0.05) is 52.4 Å². The molecule has 124 valence electrons. The van der Waals surface area contributed by atoms with Crippen LogP contribution in [0.4, 0.5) is 0 Å². The highest BCUT2D eigenvalue weighted by molar-refractivity contribution is 5.69. The molecule has 3 heteroatoms. The van der Waals surface area contributed by atoms with E-state index in [4.69, 9.17) is 9.47 Å². The lowest BCUT2D eigenvalue weighted by molar-refractivity contribution is -0.151. The fourth-order valence-corrected chi connectivity index (χ4v) is 2.78. The Bertz CT molecular complexity index is 249. The zero-order chi connectivity index (χ0) is 15.3. The van der Waals surface area contributed by atoms with Crippen molar-refractivity contribution in [3.8, 4) is 0 Å². The van der Waals surface area contributed by atoms with Crippen molar-refractivity contribution >= 4 is 5.97 Å². The highest BCUT2D eigenvalue weighted by Gasteiger charge is 2.15. The van der Waals surface area contributed by atoms with Crippen molar-refractivity contribution in [3.05, 3.63) is 0 Å². The lowest BCUT2D eigenvalue weighted by Gasteiger charge is -2.19. The number of ether oxygens (including phenoxy) is 2. The van der Waals surface area contributed by atoms with Crippen LogP contribution in [-0.4, -0.2) is 25.3 Å². The van der Waals surface area contributed by atoms with E-state index >= 15 is 0 Å². The molecule has 1 atom stereocenters. The van der Waals surface area contributed by atoms with Crippen molar-refractivity contribution in [3.63, 3.8) is 0 Å². The quantitative estimate of drug-likeness (QED) is 0.697. The van der Waals surface area contributed by atoms with Crippen LogP contribution < -0.4 is 0 Å². The molecule has 0 radical (unpaired) electrons. The van der Waals surface area contributed by atoms with E-state index in [2.05, 4.69) is 13.8 Å². The molecule has 0 amide bonds. The van der Waals surface area contributed by atoms with Crippen LogP contribution in [0.1, 0.15) is 84.5 Å². The highest BCUT2D eigenvalue weighted by Crippen LogP contribution is 2.16. The van der Waals surface area contributed by atoms with Gasteiger partial charge >= 0.3 is 5.97 Å². The molecule has 1 aliphatic heterocycles. The van der Waals surface area contributed by atoms with Crippen LogP contribution in [0.25, 0.3) is 0 Å². The molecular weight excluding hydrogens is 264 g/mol. The van der Waals surface area contributed by atoms with Gasteiger partial charge in [0.15, 0.2) is 0 Å². The molecule has 0 aromatic carbocycles. The van der Waals surface area contributed by atoms with E-state index in [0.29, 0.717) is 12.3 Å². The minimum Gasteiger partial charge on any atom is -0.462 e. The molecule has 1 aliphatic rings. The standard InChI is InChI=1S/C18H34O3/c1-16(2)15-18(19)21-17-11-9-7-5-3-4-6-8-10-13-20-14-12-17/h16-17H,3-15H2,1-2H3. The van der Waals surface area contributed by atoms with E-state index in [9.17, 15) is 4.79 Å². The summed E-state index contributed by atoms with van der Waals surface area (Å²) in [5.74, 6) is 0.323. The van der Waals surface area contributed by atoms with Gasteiger partial charge in [0.2, 0.25) is 0 Å². The van der Waals surface area contributed by atoms with Crippen LogP contribution in [0.15, 0.2) is 0 Å². The van der Waals surface area contributed by atoms with E-state index in [1.165, 1.54) is 44.9 Å². The Labute approximate surface area is 130 Å². The van der Waals surface area contributed by atoms with Crippen molar-refractivity contribution in [1.29, 1.82) is 0 Å². The average molecular weight is 298 g/mol. The average Bonchev–Trinajstić information content (AvgIpc) is 2.42. The smallest absolute Gasteiger partial charge is 0.306 e. The molecule has 3 nitrogen and oxygen atoms in total. The van der Waals surface area contributed by atoms with Gasteiger partial charge in [-0.15, -0.1) is 0 Å². The number of hydrogen-bond acceptors (Lipinski definition) is 3. The molecule has 0 aliphatic carbocycles. The van der Waals surface area contributed by atoms with Crippen molar-refractivity contribution in [2.24, 2.45) is 5.92 Å². The largest absolute Gasteiger partial charge is 0.462 e. The van der Waals surface area contributed by atoms with Crippen LogP contribution >= 0.6 is 0 Å². The molecular formula is C18H34O3. The van der Waals surface area contributed by atoms with E-state index in [1.807, 2.05) is 0 Å². The predicted molar refractivity (Wildman–Crippen MR) is 86.3 cm³/mol. The number of hydrogen-bond donors (Lipinski definition) is 0. The second kappa shape index (κ2) is 12.0. The van der Waals surface area contributed by atoms with Crippen LogP contribution in [0.2, 0.25) is 0 Å². The number of esters is 1. The number of carbonyl (C=O) groups is 1. The summed E-state index contributed by atoms with van der Waals surface area (Å²) in [5.41, 5.74) is 0. The Kier molecular flexibility index (Phi) is 10.6. The Balaban J connectivity index is 2.32. The third-order valence-corrected chi connectivity index (χ3v) is 4.02. The van der Waals surface area contributed by atoms with Gasteiger partial charge in [0.1, 0.15) is 6.10 Å². The fourth-order valence-electron chi connectivity index (χ4n) is 2.78. The molecule has 0 saturated carbocycles. The third kappa shape index (κ3) is 10.8. The maximum Gasteiger partial charge on any atom is 0.306 e. The van der Waals surface area contributed by atoms with Crippen LogP contribution in [-0.2, 0) is 14.3 Å². The fraction of sp³-hybridized carbons (Fsp3) is 0.944. The molecule has 0 spiro atoms. The van der Waals surface area contributed by atoms with E-state index < -0.39 is 0 Å². The molecule has 0 bridgehead atoms. The first-order valence-corrected chi connectivity index (χ1v) is 8.95. The molecule has 0 aromatic rings.